The van der Waals surface area contributed by atoms with E-state index in [9.17, 15) is 0 Å². The van der Waals surface area contributed by atoms with Gasteiger partial charge in [0.05, 0.1) is 6.04 Å². The maximum absolute atomic E-state index is 5.94. The average Bonchev–Trinajstić information content (AvgIpc) is 2.78. The molecule has 0 aromatic carbocycles. The standard InChI is InChI=1S/C13H22N2S/c1-10-5-6-15(9-11(10)2)12(8-14)13-4-3-7-16-13/h3-4,7,10-12H,5-6,8-9,14H2,1-2H3. The molecule has 3 heteroatoms. The third kappa shape index (κ3) is 2.47. The second-order valence-corrected chi connectivity index (χ2v) is 5.98. The second-order valence-electron chi connectivity index (χ2n) is 5.01. The first kappa shape index (κ1) is 12.1. The highest BCUT2D eigenvalue weighted by atomic mass is 32.1. The highest BCUT2D eigenvalue weighted by Gasteiger charge is 2.28. The van der Waals surface area contributed by atoms with Gasteiger partial charge >= 0.3 is 0 Å². The van der Waals surface area contributed by atoms with Gasteiger partial charge in [0.15, 0.2) is 0 Å². The van der Waals surface area contributed by atoms with Crippen molar-refractivity contribution in [2.45, 2.75) is 26.3 Å². The number of piperidine rings is 1. The average molecular weight is 238 g/mol. The van der Waals surface area contributed by atoms with E-state index in [1.54, 1.807) is 0 Å². The lowest BCUT2D eigenvalue weighted by molar-refractivity contribution is 0.0998. The van der Waals surface area contributed by atoms with Crippen LogP contribution < -0.4 is 5.73 Å². The predicted molar refractivity (Wildman–Crippen MR) is 70.6 cm³/mol. The number of hydrogen-bond acceptors (Lipinski definition) is 3. The van der Waals surface area contributed by atoms with Crippen molar-refractivity contribution in [3.63, 3.8) is 0 Å². The second kappa shape index (κ2) is 5.30. The van der Waals surface area contributed by atoms with E-state index in [-0.39, 0.29) is 0 Å². The Bertz CT molecular complexity index is 310. The van der Waals surface area contributed by atoms with Crippen LogP contribution in [0.3, 0.4) is 0 Å². The van der Waals surface area contributed by atoms with E-state index in [4.69, 9.17) is 5.73 Å². The SMILES string of the molecule is CC1CCN(C(CN)c2cccs2)CC1C. The summed E-state index contributed by atoms with van der Waals surface area (Å²) in [4.78, 5) is 3.99. The molecule has 1 fully saturated rings. The van der Waals surface area contributed by atoms with Gasteiger partial charge in [-0.15, -0.1) is 11.3 Å². The first-order valence-corrected chi connectivity index (χ1v) is 7.08. The van der Waals surface area contributed by atoms with Gasteiger partial charge in [-0.2, -0.15) is 0 Å². The highest BCUT2D eigenvalue weighted by Crippen LogP contribution is 2.30. The zero-order chi connectivity index (χ0) is 11.5. The van der Waals surface area contributed by atoms with Crippen molar-refractivity contribution < 1.29 is 0 Å². The van der Waals surface area contributed by atoms with Crippen LogP contribution in [-0.2, 0) is 0 Å². The van der Waals surface area contributed by atoms with E-state index in [1.807, 2.05) is 11.3 Å². The number of thiophene rings is 1. The van der Waals surface area contributed by atoms with E-state index in [2.05, 4.69) is 36.3 Å². The quantitative estimate of drug-likeness (QED) is 0.877. The smallest absolute Gasteiger partial charge is 0.0564 e. The number of nitrogens with zero attached hydrogens (tertiary/aromatic N) is 1. The molecule has 2 N–H and O–H groups in total. The maximum Gasteiger partial charge on any atom is 0.0564 e. The van der Waals surface area contributed by atoms with Gasteiger partial charge in [0, 0.05) is 18.0 Å². The van der Waals surface area contributed by atoms with E-state index in [0.717, 1.165) is 18.4 Å². The largest absolute Gasteiger partial charge is 0.329 e. The summed E-state index contributed by atoms with van der Waals surface area (Å²) in [6.45, 7) is 7.86. The molecule has 90 valence electrons. The Labute approximate surface area is 102 Å². The number of hydrogen-bond donors (Lipinski definition) is 1. The Balaban J connectivity index is 2.05. The van der Waals surface area contributed by atoms with Crippen molar-refractivity contribution in [3.8, 4) is 0 Å². The summed E-state index contributed by atoms with van der Waals surface area (Å²) in [5.74, 6) is 1.65. The Morgan fingerprint density at radius 3 is 2.88 bits per heavy atom. The summed E-state index contributed by atoms with van der Waals surface area (Å²) in [5.41, 5.74) is 5.94. The van der Waals surface area contributed by atoms with Crippen molar-refractivity contribution in [1.29, 1.82) is 0 Å². The van der Waals surface area contributed by atoms with Crippen LogP contribution in [0.5, 0.6) is 0 Å². The van der Waals surface area contributed by atoms with Gasteiger partial charge in [-0.3, -0.25) is 4.90 Å². The third-order valence-corrected chi connectivity index (χ3v) is 4.87. The molecule has 0 radical (unpaired) electrons. The fourth-order valence-corrected chi connectivity index (χ4v) is 3.38. The normalized spacial score (nSPS) is 29.2. The van der Waals surface area contributed by atoms with Crippen molar-refractivity contribution in [2.75, 3.05) is 19.6 Å². The Kier molecular flexibility index (Phi) is 4.00. The molecular formula is C13H22N2S. The molecule has 0 spiro atoms. The molecule has 3 unspecified atom stereocenters. The van der Waals surface area contributed by atoms with Crippen LogP contribution >= 0.6 is 11.3 Å². The fourth-order valence-electron chi connectivity index (χ4n) is 2.50. The van der Waals surface area contributed by atoms with Gasteiger partial charge in [-0.05, 0) is 36.2 Å². The third-order valence-electron chi connectivity index (χ3n) is 3.90. The number of rotatable bonds is 3. The molecule has 0 saturated carbocycles. The summed E-state index contributed by atoms with van der Waals surface area (Å²) in [5, 5.41) is 2.15. The molecule has 2 nitrogen and oxygen atoms in total. The van der Waals surface area contributed by atoms with Crippen molar-refractivity contribution in [2.24, 2.45) is 17.6 Å². The van der Waals surface area contributed by atoms with Crippen molar-refractivity contribution in [1.82, 2.24) is 4.90 Å². The molecule has 0 amide bonds. The molecule has 1 aromatic heterocycles. The van der Waals surface area contributed by atoms with Gasteiger partial charge in [0.25, 0.3) is 0 Å². The molecule has 3 atom stereocenters. The minimum atomic E-state index is 0.440. The molecule has 16 heavy (non-hydrogen) atoms. The molecule has 1 aliphatic rings. The molecule has 1 aromatic rings. The number of nitrogens with two attached hydrogens (primary N) is 1. The molecule has 1 saturated heterocycles. The monoisotopic (exact) mass is 238 g/mol. The summed E-state index contributed by atoms with van der Waals surface area (Å²) in [7, 11) is 0. The fraction of sp³-hybridized carbons (Fsp3) is 0.692. The molecule has 2 heterocycles. The van der Waals surface area contributed by atoms with Gasteiger partial charge in [-0.1, -0.05) is 19.9 Å². The van der Waals surface area contributed by atoms with E-state index >= 15 is 0 Å². The lowest BCUT2D eigenvalue weighted by atomic mass is 9.88. The Morgan fingerprint density at radius 2 is 2.31 bits per heavy atom. The van der Waals surface area contributed by atoms with Crippen LogP contribution in [0.15, 0.2) is 17.5 Å². The predicted octanol–water partition coefficient (Wildman–Crippen LogP) is 2.73. The van der Waals surface area contributed by atoms with Gasteiger partial charge < -0.3 is 5.73 Å². The molecule has 1 aliphatic heterocycles. The summed E-state index contributed by atoms with van der Waals surface area (Å²) >= 11 is 1.83. The van der Waals surface area contributed by atoms with Crippen LogP contribution in [0.4, 0.5) is 0 Å². The highest BCUT2D eigenvalue weighted by molar-refractivity contribution is 7.10. The van der Waals surface area contributed by atoms with Crippen molar-refractivity contribution >= 4 is 11.3 Å². The lowest BCUT2D eigenvalue weighted by Crippen LogP contribution is -2.42. The van der Waals surface area contributed by atoms with Crippen LogP contribution in [0.1, 0.15) is 31.2 Å². The van der Waals surface area contributed by atoms with Crippen LogP contribution in [0, 0.1) is 11.8 Å². The topological polar surface area (TPSA) is 29.3 Å². The van der Waals surface area contributed by atoms with Crippen molar-refractivity contribution in [3.05, 3.63) is 22.4 Å². The van der Waals surface area contributed by atoms with Crippen LogP contribution in [-0.4, -0.2) is 24.5 Å². The van der Waals surface area contributed by atoms with E-state index < -0.39 is 0 Å². The molecule has 0 aliphatic carbocycles. The minimum absolute atomic E-state index is 0.440. The zero-order valence-corrected chi connectivity index (χ0v) is 11.0. The minimum Gasteiger partial charge on any atom is -0.329 e. The van der Waals surface area contributed by atoms with Gasteiger partial charge in [0.1, 0.15) is 0 Å². The van der Waals surface area contributed by atoms with Crippen LogP contribution in [0.25, 0.3) is 0 Å². The van der Waals surface area contributed by atoms with Crippen LogP contribution in [0.2, 0.25) is 0 Å². The summed E-state index contributed by atoms with van der Waals surface area (Å²) < 4.78 is 0. The van der Waals surface area contributed by atoms with Gasteiger partial charge in [0.2, 0.25) is 0 Å². The first-order chi connectivity index (χ1) is 7.72. The Morgan fingerprint density at radius 1 is 1.50 bits per heavy atom. The molecule has 0 bridgehead atoms. The zero-order valence-electron chi connectivity index (χ0n) is 10.2. The maximum atomic E-state index is 5.94. The van der Waals surface area contributed by atoms with Gasteiger partial charge in [-0.25, -0.2) is 0 Å². The van der Waals surface area contributed by atoms with E-state index in [0.29, 0.717) is 6.04 Å². The van der Waals surface area contributed by atoms with E-state index in [1.165, 1.54) is 24.4 Å². The molecule has 2 rings (SSSR count). The lowest BCUT2D eigenvalue weighted by Gasteiger charge is -2.39. The molecular weight excluding hydrogens is 216 g/mol. The Hall–Kier alpha value is -0.380. The number of likely N-dealkylation sites (tertiary alicyclic amines) is 1. The first-order valence-electron chi connectivity index (χ1n) is 6.20. The summed E-state index contributed by atoms with van der Waals surface area (Å²) in [6, 6.07) is 4.78. The summed E-state index contributed by atoms with van der Waals surface area (Å²) in [6.07, 6.45) is 1.31.